The molecule has 7 heteroatoms. The number of aromatic amines is 2. The molecule has 5 heterocycles. The summed E-state index contributed by atoms with van der Waals surface area (Å²) < 4.78 is 13.6. The first-order valence-electron chi connectivity index (χ1n) is 10.2. The minimum absolute atomic E-state index is 0.205. The van der Waals surface area contributed by atoms with E-state index < -0.39 is 0 Å². The molecule has 6 rings (SSSR count). The second-order valence-corrected chi connectivity index (χ2v) is 8.84. The molecule has 0 saturated carbocycles. The average molecular weight is 418 g/mol. The highest BCUT2D eigenvalue weighted by molar-refractivity contribution is 7.13. The second kappa shape index (κ2) is 7.04. The van der Waals surface area contributed by atoms with Crippen molar-refractivity contribution in [1.29, 1.82) is 0 Å². The van der Waals surface area contributed by atoms with Gasteiger partial charge in [-0.25, -0.2) is 0 Å². The highest BCUT2D eigenvalue weighted by Crippen LogP contribution is 2.36. The van der Waals surface area contributed by atoms with Crippen LogP contribution in [0.15, 0.2) is 48.7 Å². The van der Waals surface area contributed by atoms with E-state index in [1.165, 1.54) is 11.6 Å². The minimum atomic E-state index is -0.205. The van der Waals surface area contributed by atoms with Gasteiger partial charge in [0.1, 0.15) is 5.69 Å². The Balaban J connectivity index is 1.47. The lowest BCUT2D eigenvalue weighted by atomic mass is 9.89. The lowest BCUT2D eigenvalue weighted by Gasteiger charge is -2.23. The van der Waals surface area contributed by atoms with Crippen LogP contribution in [0.3, 0.4) is 0 Å². The Morgan fingerprint density at radius 3 is 2.63 bits per heavy atom. The van der Waals surface area contributed by atoms with Crippen LogP contribution in [0, 0.1) is 5.13 Å². The van der Waals surface area contributed by atoms with E-state index in [1.54, 1.807) is 12.3 Å². The predicted molar refractivity (Wildman–Crippen MR) is 119 cm³/mol. The van der Waals surface area contributed by atoms with E-state index in [0.29, 0.717) is 5.92 Å². The molecule has 3 N–H and O–H groups in total. The van der Waals surface area contributed by atoms with Crippen molar-refractivity contribution in [2.75, 3.05) is 13.1 Å². The molecule has 1 aliphatic heterocycles. The largest absolute Gasteiger partial charge is 0.353 e. The molecule has 5 nitrogen and oxygen atoms in total. The summed E-state index contributed by atoms with van der Waals surface area (Å²) in [6.07, 6.45) is 4.09. The molecule has 0 atom stereocenters. The number of halogens is 1. The number of nitrogens with one attached hydrogen (secondary N) is 3. The number of fused-ring (bicyclic) bond motifs is 2. The van der Waals surface area contributed by atoms with Crippen molar-refractivity contribution in [2.45, 2.75) is 18.8 Å². The van der Waals surface area contributed by atoms with Crippen LogP contribution >= 0.6 is 11.3 Å². The predicted octanol–water partition coefficient (Wildman–Crippen LogP) is 5.44. The number of hydrogen-bond donors (Lipinski definition) is 3. The fourth-order valence-corrected chi connectivity index (χ4v) is 5.21. The van der Waals surface area contributed by atoms with Crippen LogP contribution in [0.2, 0.25) is 0 Å². The number of pyridine rings is 1. The molecule has 0 aliphatic carbocycles. The average Bonchev–Trinajstić information content (AvgIpc) is 3.51. The number of piperidine rings is 1. The van der Waals surface area contributed by atoms with Gasteiger partial charge in [-0.3, -0.25) is 10.1 Å². The maximum absolute atomic E-state index is 13.6. The van der Waals surface area contributed by atoms with E-state index in [1.807, 2.05) is 6.07 Å². The minimum Gasteiger partial charge on any atom is -0.353 e. The van der Waals surface area contributed by atoms with Crippen LogP contribution in [0.4, 0.5) is 4.39 Å². The monoisotopic (exact) mass is 417 g/mol. The molecule has 0 spiro atoms. The van der Waals surface area contributed by atoms with Crippen molar-refractivity contribution in [3.8, 4) is 22.0 Å². The Labute approximate surface area is 176 Å². The molecule has 1 aliphatic rings. The number of thiophene rings is 1. The molecule has 1 aromatic carbocycles. The van der Waals surface area contributed by atoms with Gasteiger partial charge in [-0.05, 0) is 73.8 Å². The molecule has 150 valence electrons. The van der Waals surface area contributed by atoms with E-state index in [2.05, 4.69) is 49.7 Å². The van der Waals surface area contributed by atoms with Crippen molar-refractivity contribution in [3.05, 3.63) is 59.4 Å². The Morgan fingerprint density at radius 2 is 1.80 bits per heavy atom. The zero-order chi connectivity index (χ0) is 20.1. The summed E-state index contributed by atoms with van der Waals surface area (Å²) in [4.78, 5) is 8.82. The van der Waals surface area contributed by atoms with Gasteiger partial charge in [0.25, 0.3) is 0 Å². The number of H-pyrrole nitrogens is 2. The zero-order valence-corrected chi connectivity index (χ0v) is 17.0. The van der Waals surface area contributed by atoms with Crippen molar-refractivity contribution in [1.82, 2.24) is 25.5 Å². The molecule has 5 aromatic rings. The number of aromatic nitrogens is 4. The topological polar surface area (TPSA) is 69.4 Å². The summed E-state index contributed by atoms with van der Waals surface area (Å²) in [5.41, 5.74) is 6.00. The van der Waals surface area contributed by atoms with Crippen LogP contribution in [0.25, 0.3) is 43.8 Å². The lowest BCUT2D eigenvalue weighted by molar-refractivity contribution is 0.460. The quantitative estimate of drug-likeness (QED) is 0.366. The molecule has 1 fully saturated rings. The van der Waals surface area contributed by atoms with Gasteiger partial charge in [-0.2, -0.15) is 9.49 Å². The number of nitrogens with zero attached hydrogens (tertiary/aromatic N) is 2. The summed E-state index contributed by atoms with van der Waals surface area (Å²) in [6, 6.07) is 13.9. The van der Waals surface area contributed by atoms with Gasteiger partial charge >= 0.3 is 0 Å². The van der Waals surface area contributed by atoms with E-state index >= 15 is 0 Å². The van der Waals surface area contributed by atoms with Gasteiger partial charge in [0.2, 0.25) is 0 Å². The van der Waals surface area contributed by atoms with Crippen LogP contribution in [-0.4, -0.2) is 33.3 Å². The molecule has 0 amide bonds. The number of benzene rings is 1. The van der Waals surface area contributed by atoms with Gasteiger partial charge in [0.15, 0.2) is 5.13 Å². The van der Waals surface area contributed by atoms with Gasteiger partial charge in [-0.15, -0.1) is 11.3 Å². The molecule has 0 unspecified atom stereocenters. The summed E-state index contributed by atoms with van der Waals surface area (Å²) in [5.74, 6) is 0.589. The summed E-state index contributed by atoms with van der Waals surface area (Å²) in [7, 11) is 0. The molecule has 0 bridgehead atoms. The molecule has 1 saturated heterocycles. The Morgan fingerprint density at radius 1 is 0.933 bits per heavy atom. The first-order chi connectivity index (χ1) is 14.8. The van der Waals surface area contributed by atoms with Crippen LogP contribution < -0.4 is 5.32 Å². The smallest absolute Gasteiger partial charge is 0.177 e. The maximum atomic E-state index is 13.6. The van der Waals surface area contributed by atoms with E-state index in [0.717, 1.165) is 81.0 Å². The van der Waals surface area contributed by atoms with Gasteiger partial charge in [0.05, 0.1) is 21.8 Å². The van der Waals surface area contributed by atoms with Crippen LogP contribution in [0.1, 0.15) is 24.3 Å². The summed E-state index contributed by atoms with van der Waals surface area (Å²) in [6.45, 7) is 2.14. The molecular formula is C23H20FN5S. The number of rotatable bonds is 3. The fourth-order valence-electron chi connectivity index (χ4n) is 4.47. The molecule has 4 aromatic heterocycles. The molecule has 0 radical (unpaired) electrons. The third-order valence-electron chi connectivity index (χ3n) is 6.01. The lowest BCUT2D eigenvalue weighted by Crippen LogP contribution is -2.26. The SMILES string of the molecule is Fc1ccc(-c2nccc3[nH]c(-c4n[nH]c5ccc(C6CCNCC6)cc45)cc23)s1. The van der Waals surface area contributed by atoms with Gasteiger partial charge in [-0.1, -0.05) is 6.07 Å². The van der Waals surface area contributed by atoms with E-state index in [9.17, 15) is 4.39 Å². The third kappa shape index (κ3) is 2.93. The van der Waals surface area contributed by atoms with E-state index in [4.69, 9.17) is 0 Å². The highest BCUT2D eigenvalue weighted by Gasteiger charge is 2.19. The highest BCUT2D eigenvalue weighted by atomic mass is 32.1. The van der Waals surface area contributed by atoms with Crippen molar-refractivity contribution in [2.24, 2.45) is 0 Å². The molecule has 30 heavy (non-hydrogen) atoms. The van der Waals surface area contributed by atoms with Crippen molar-refractivity contribution in [3.63, 3.8) is 0 Å². The van der Waals surface area contributed by atoms with Gasteiger partial charge in [0, 0.05) is 22.5 Å². The third-order valence-corrected chi connectivity index (χ3v) is 6.89. The van der Waals surface area contributed by atoms with Crippen molar-refractivity contribution >= 4 is 33.1 Å². The Bertz CT molecular complexity index is 1360. The standard InChI is InChI=1S/C23H20FN5S/c24-21-4-3-20(30-21)23-16-12-19(27-17(16)7-10-26-23)22-15-11-14(1-2-18(15)28-29-22)13-5-8-25-9-6-13/h1-4,7,10-13,25,27H,5-6,8-9H2,(H,28,29). The Hall–Kier alpha value is -3.03. The summed E-state index contributed by atoms with van der Waals surface area (Å²) >= 11 is 1.11. The van der Waals surface area contributed by atoms with Crippen LogP contribution in [-0.2, 0) is 0 Å². The first-order valence-corrected chi connectivity index (χ1v) is 11.0. The van der Waals surface area contributed by atoms with Crippen LogP contribution in [0.5, 0.6) is 0 Å². The summed E-state index contributed by atoms with van der Waals surface area (Å²) in [5, 5.41) is 13.1. The van der Waals surface area contributed by atoms with Gasteiger partial charge < -0.3 is 10.3 Å². The molecular weight excluding hydrogens is 397 g/mol. The first kappa shape index (κ1) is 17.8. The van der Waals surface area contributed by atoms with Crippen molar-refractivity contribution < 1.29 is 4.39 Å². The maximum Gasteiger partial charge on any atom is 0.177 e. The zero-order valence-electron chi connectivity index (χ0n) is 16.2. The fraction of sp³-hybridized carbons (Fsp3) is 0.217. The Kier molecular flexibility index (Phi) is 4.17. The number of hydrogen-bond acceptors (Lipinski definition) is 4. The van der Waals surface area contributed by atoms with E-state index in [-0.39, 0.29) is 5.13 Å². The normalized spacial score (nSPS) is 15.4. The second-order valence-electron chi connectivity index (χ2n) is 7.81.